The summed E-state index contributed by atoms with van der Waals surface area (Å²) in [6, 6.07) is 6.58. The number of rotatable bonds is 3. The molecule has 1 saturated heterocycles. The first-order chi connectivity index (χ1) is 11.1. The minimum absolute atomic E-state index is 0.214. The van der Waals surface area contributed by atoms with Crippen molar-refractivity contribution in [2.24, 2.45) is 10.7 Å². The van der Waals surface area contributed by atoms with E-state index in [0.717, 1.165) is 57.5 Å². The third kappa shape index (κ3) is 3.93. The number of nitrogens with two attached hydrogens (primary N) is 1. The summed E-state index contributed by atoms with van der Waals surface area (Å²) in [6.07, 6.45) is 3.79. The van der Waals surface area contributed by atoms with Crippen LogP contribution in [0.2, 0.25) is 0 Å². The van der Waals surface area contributed by atoms with Gasteiger partial charge in [-0.1, -0.05) is 12.8 Å². The predicted octanol–water partition coefficient (Wildman–Crippen LogP) is 1.57. The summed E-state index contributed by atoms with van der Waals surface area (Å²) in [5.41, 5.74) is 6.46. The van der Waals surface area contributed by atoms with Crippen molar-refractivity contribution in [3.05, 3.63) is 30.1 Å². The van der Waals surface area contributed by atoms with Crippen molar-refractivity contribution in [2.45, 2.75) is 31.3 Å². The molecule has 0 radical (unpaired) electrons. The molecule has 3 rings (SSSR count). The fraction of sp³-hybridized carbons (Fsp3) is 0.588. The molecule has 0 amide bonds. The van der Waals surface area contributed by atoms with Crippen LogP contribution in [0.15, 0.2) is 29.3 Å². The zero-order valence-corrected chi connectivity index (χ0v) is 13.4. The highest BCUT2D eigenvalue weighted by Gasteiger charge is 2.31. The molecule has 0 unspecified atom stereocenters. The van der Waals surface area contributed by atoms with E-state index in [1.54, 1.807) is 12.1 Å². The van der Waals surface area contributed by atoms with E-state index in [9.17, 15) is 9.50 Å². The van der Waals surface area contributed by atoms with Crippen LogP contribution in [0.3, 0.4) is 0 Å². The lowest BCUT2D eigenvalue weighted by atomic mass is 10.0. The van der Waals surface area contributed by atoms with Gasteiger partial charge in [0, 0.05) is 31.9 Å². The fourth-order valence-corrected chi connectivity index (χ4v) is 3.37. The molecule has 1 aliphatic heterocycles. The van der Waals surface area contributed by atoms with Crippen molar-refractivity contribution < 1.29 is 9.50 Å². The van der Waals surface area contributed by atoms with Crippen molar-refractivity contribution in [1.82, 2.24) is 4.90 Å². The third-order valence-electron chi connectivity index (χ3n) is 4.87. The van der Waals surface area contributed by atoms with E-state index in [4.69, 9.17) is 5.73 Å². The number of benzene rings is 1. The van der Waals surface area contributed by atoms with Gasteiger partial charge in [-0.25, -0.2) is 4.39 Å². The third-order valence-corrected chi connectivity index (χ3v) is 4.87. The number of nitrogens with zero attached hydrogens (tertiary/aromatic N) is 3. The van der Waals surface area contributed by atoms with Gasteiger partial charge >= 0.3 is 0 Å². The number of hydrogen-bond donors (Lipinski definition) is 2. The number of piperazine rings is 1. The van der Waals surface area contributed by atoms with Crippen molar-refractivity contribution >= 4 is 11.6 Å². The Morgan fingerprint density at radius 2 is 1.74 bits per heavy atom. The van der Waals surface area contributed by atoms with Crippen molar-refractivity contribution in [3.63, 3.8) is 0 Å². The van der Waals surface area contributed by atoms with Crippen LogP contribution in [0.1, 0.15) is 25.7 Å². The lowest BCUT2D eigenvalue weighted by Crippen LogP contribution is -2.51. The molecule has 1 saturated carbocycles. The van der Waals surface area contributed by atoms with Crippen LogP contribution in [0.4, 0.5) is 10.1 Å². The Morgan fingerprint density at radius 1 is 1.13 bits per heavy atom. The van der Waals surface area contributed by atoms with E-state index in [0.29, 0.717) is 12.5 Å². The lowest BCUT2D eigenvalue weighted by molar-refractivity contribution is 0.0572. The van der Waals surface area contributed by atoms with Gasteiger partial charge in [0.25, 0.3) is 0 Å². The van der Waals surface area contributed by atoms with Gasteiger partial charge in [0.05, 0.1) is 12.1 Å². The second-order valence-electron chi connectivity index (χ2n) is 6.56. The summed E-state index contributed by atoms with van der Waals surface area (Å²) in [6.45, 7) is 3.62. The molecule has 1 aromatic carbocycles. The van der Waals surface area contributed by atoms with E-state index in [2.05, 4.69) is 14.8 Å². The summed E-state index contributed by atoms with van der Waals surface area (Å²) < 4.78 is 13.0. The van der Waals surface area contributed by atoms with Crippen LogP contribution in [-0.4, -0.2) is 54.3 Å². The van der Waals surface area contributed by atoms with E-state index in [1.165, 1.54) is 12.1 Å². The average Bonchev–Trinajstić information content (AvgIpc) is 3.01. The Morgan fingerprint density at radius 3 is 2.35 bits per heavy atom. The Bertz CT molecular complexity index is 546. The molecule has 2 fully saturated rings. The summed E-state index contributed by atoms with van der Waals surface area (Å²) in [7, 11) is 0. The highest BCUT2D eigenvalue weighted by molar-refractivity contribution is 5.78. The molecule has 23 heavy (non-hydrogen) atoms. The maximum atomic E-state index is 13.0. The number of anilines is 1. The molecular weight excluding hydrogens is 295 g/mol. The maximum absolute atomic E-state index is 13.0. The van der Waals surface area contributed by atoms with Crippen molar-refractivity contribution in [2.75, 3.05) is 37.6 Å². The van der Waals surface area contributed by atoms with E-state index in [-0.39, 0.29) is 5.82 Å². The van der Waals surface area contributed by atoms with E-state index >= 15 is 0 Å². The van der Waals surface area contributed by atoms with Gasteiger partial charge in [0.15, 0.2) is 5.96 Å². The molecule has 6 heteroatoms. The summed E-state index contributed by atoms with van der Waals surface area (Å²) >= 11 is 0. The molecule has 1 aliphatic carbocycles. The molecule has 1 heterocycles. The normalized spacial score (nSPS) is 21.7. The zero-order chi connectivity index (χ0) is 16.3. The van der Waals surface area contributed by atoms with Crippen LogP contribution >= 0.6 is 0 Å². The number of guanidine groups is 1. The Hall–Kier alpha value is -1.82. The van der Waals surface area contributed by atoms with Crippen molar-refractivity contribution in [1.29, 1.82) is 0 Å². The number of aliphatic hydroxyl groups is 1. The van der Waals surface area contributed by atoms with Gasteiger partial charge in [-0.3, -0.25) is 4.99 Å². The minimum atomic E-state index is -0.652. The maximum Gasteiger partial charge on any atom is 0.191 e. The lowest BCUT2D eigenvalue weighted by Gasteiger charge is -2.36. The molecule has 2 aliphatic rings. The second kappa shape index (κ2) is 6.74. The molecular formula is C17H25FN4O. The molecule has 0 aromatic heterocycles. The number of halogens is 1. The molecule has 126 valence electrons. The fourth-order valence-electron chi connectivity index (χ4n) is 3.37. The smallest absolute Gasteiger partial charge is 0.191 e. The number of aliphatic imine (C=N–C) groups is 1. The predicted molar refractivity (Wildman–Crippen MR) is 90.1 cm³/mol. The molecule has 0 bridgehead atoms. The Balaban J connectivity index is 1.52. The molecule has 3 N–H and O–H groups in total. The minimum Gasteiger partial charge on any atom is -0.388 e. The topological polar surface area (TPSA) is 65.1 Å². The largest absolute Gasteiger partial charge is 0.388 e. The van der Waals surface area contributed by atoms with Crippen LogP contribution in [0.5, 0.6) is 0 Å². The van der Waals surface area contributed by atoms with Gasteiger partial charge in [-0.2, -0.15) is 0 Å². The average molecular weight is 320 g/mol. The first-order valence-electron chi connectivity index (χ1n) is 8.34. The number of hydrogen-bond acceptors (Lipinski definition) is 3. The molecule has 0 spiro atoms. The van der Waals surface area contributed by atoms with Crippen LogP contribution in [0, 0.1) is 5.82 Å². The van der Waals surface area contributed by atoms with Crippen molar-refractivity contribution in [3.8, 4) is 0 Å². The second-order valence-corrected chi connectivity index (χ2v) is 6.56. The zero-order valence-electron chi connectivity index (χ0n) is 13.4. The highest BCUT2D eigenvalue weighted by Crippen LogP contribution is 2.29. The monoisotopic (exact) mass is 320 g/mol. The van der Waals surface area contributed by atoms with Gasteiger partial charge < -0.3 is 20.6 Å². The van der Waals surface area contributed by atoms with Gasteiger partial charge in [0.2, 0.25) is 0 Å². The Kier molecular flexibility index (Phi) is 4.71. The first-order valence-corrected chi connectivity index (χ1v) is 8.34. The van der Waals surface area contributed by atoms with E-state index < -0.39 is 5.60 Å². The summed E-state index contributed by atoms with van der Waals surface area (Å²) in [4.78, 5) is 8.68. The van der Waals surface area contributed by atoms with Crippen LogP contribution in [0.25, 0.3) is 0 Å². The molecule has 1 aromatic rings. The van der Waals surface area contributed by atoms with Gasteiger partial charge in [-0.15, -0.1) is 0 Å². The van der Waals surface area contributed by atoms with Gasteiger partial charge in [0.1, 0.15) is 5.82 Å². The highest BCUT2D eigenvalue weighted by atomic mass is 19.1. The van der Waals surface area contributed by atoms with Crippen LogP contribution < -0.4 is 10.6 Å². The van der Waals surface area contributed by atoms with E-state index in [1.807, 2.05) is 0 Å². The summed E-state index contributed by atoms with van der Waals surface area (Å²) in [5.74, 6) is 0.303. The standard InChI is InChI=1S/C17H25FN4O/c18-14-3-5-15(6-4-14)21-9-11-22(12-10-21)16(19)20-13-17(23)7-1-2-8-17/h3-6,23H,1-2,7-13H2,(H2,19,20). The van der Waals surface area contributed by atoms with Crippen LogP contribution in [-0.2, 0) is 0 Å². The molecule has 5 nitrogen and oxygen atoms in total. The SMILES string of the molecule is NC(=NCC1(O)CCCC1)N1CCN(c2ccc(F)cc2)CC1. The Labute approximate surface area is 136 Å². The molecule has 0 atom stereocenters. The summed E-state index contributed by atoms with van der Waals surface area (Å²) in [5, 5.41) is 10.3. The van der Waals surface area contributed by atoms with Gasteiger partial charge in [-0.05, 0) is 37.1 Å². The first kappa shape index (κ1) is 16.1. The quantitative estimate of drug-likeness (QED) is 0.655.